The van der Waals surface area contributed by atoms with Crippen LogP contribution in [0.3, 0.4) is 0 Å². The second-order valence-electron chi connectivity index (χ2n) is 5.16. The minimum atomic E-state index is -0.00509. The molecule has 1 aromatic heterocycles. The smallest absolute Gasteiger partial charge is 0.230 e. The number of nitrogens with one attached hydrogen (secondary N) is 1. The van der Waals surface area contributed by atoms with Gasteiger partial charge in [0.15, 0.2) is 0 Å². The number of amides is 1. The zero-order valence-corrected chi connectivity index (χ0v) is 14.4. The van der Waals surface area contributed by atoms with Crippen LogP contribution in [0.1, 0.15) is 5.56 Å². The second kappa shape index (κ2) is 8.43. The van der Waals surface area contributed by atoms with Gasteiger partial charge in [0, 0.05) is 31.7 Å². The number of carbonyl (C=O) groups excluding carboxylic acids is 1. The van der Waals surface area contributed by atoms with Crippen LogP contribution in [0.2, 0.25) is 0 Å². The van der Waals surface area contributed by atoms with Gasteiger partial charge in [0.25, 0.3) is 0 Å². The number of methoxy groups -OCH3 is 1. The number of carbonyl (C=O) groups is 1. The molecule has 0 saturated carbocycles. The van der Waals surface area contributed by atoms with Crippen molar-refractivity contribution < 1.29 is 9.53 Å². The monoisotopic (exact) mass is 331 g/mol. The van der Waals surface area contributed by atoms with Crippen molar-refractivity contribution in [2.45, 2.75) is 11.4 Å². The van der Waals surface area contributed by atoms with Crippen LogP contribution < -0.4 is 15.0 Å². The molecule has 0 aliphatic carbocycles. The standard InChI is InChI=1S/C17H21N3O2S/c1-20(2)16-8-7-13(10-18-16)11-19-17(21)12-23-15-6-4-5-14(9-15)22-3/h4-10H,11-12H2,1-3H3,(H,19,21). The number of benzene rings is 1. The lowest BCUT2D eigenvalue weighted by molar-refractivity contribution is -0.118. The molecular weight excluding hydrogens is 310 g/mol. The van der Waals surface area contributed by atoms with Gasteiger partial charge in [0.2, 0.25) is 5.91 Å². The highest BCUT2D eigenvalue weighted by molar-refractivity contribution is 8.00. The Morgan fingerprint density at radius 1 is 1.30 bits per heavy atom. The largest absolute Gasteiger partial charge is 0.497 e. The lowest BCUT2D eigenvalue weighted by atomic mass is 10.3. The molecule has 2 aromatic rings. The summed E-state index contributed by atoms with van der Waals surface area (Å²) in [6, 6.07) is 11.6. The van der Waals surface area contributed by atoms with Gasteiger partial charge in [-0.05, 0) is 29.8 Å². The van der Waals surface area contributed by atoms with Gasteiger partial charge in [-0.3, -0.25) is 4.79 Å². The summed E-state index contributed by atoms with van der Waals surface area (Å²) < 4.78 is 5.17. The Morgan fingerprint density at radius 3 is 2.78 bits per heavy atom. The summed E-state index contributed by atoms with van der Waals surface area (Å²) in [5.41, 5.74) is 0.982. The van der Waals surface area contributed by atoms with Crippen LogP contribution in [0.4, 0.5) is 5.82 Å². The number of anilines is 1. The van der Waals surface area contributed by atoms with Crippen LogP contribution in [0, 0.1) is 0 Å². The van der Waals surface area contributed by atoms with E-state index in [4.69, 9.17) is 4.74 Å². The van der Waals surface area contributed by atoms with Crippen LogP contribution in [0.25, 0.3) is 0 Å². The minimum Gasteiger partial charge on any atom is -0.497 e. The molecule has 1 heterocycles. The molecule has 0 spiro atoms. The van der Waals surface area contributed by atoms with Crippen molar-refractivity contribution in [3.63, 3.8) is 0 Å². The predicted molar refractivity (Wildman–Crippen MR) is 94.1 cm³/mol. The summed E-state index contributed by atoms with van der Waals surface area (Å²) in [6.45, 7) is 0.484. The van der Waals surface area contributed by atoms with Crippen molar-refractivity contribution in [2.75, 3.05) is 31.9 Å². The van der Waals surface area contributed by atoms with E-state index >= 15 is 0 Å². The summed E-state index contributed by atoms with van der Waals surface area (Å²) in [5, 5.41) is 2.90. The molecule has 0 bridgehead atoms. The van der Waals surface area contributed by atoms with Gasteiger partial charge in [0.05, 0.1) is 12.9 Å². The molecule has 1 amide bonds. The highest BCUT2D eigenvalue weighted by atomic mass is 32.2. The third kappa shape index (κ3) is 5.49. The fourth-order valence-corrected chi connectivity index (χ4v) is 2.65. The van der Waals surface area contributed by atoms with Crippen molar-refractivity contribution >= 4 is 23.5 Å². The number of hydrogen-bond donors (Lipinski definition) is 1. The molecule has 1 aromatic carbocycles. The average molecular weight is 331 g/mol. The quantitative estimate of drug-likeness (QED) is 0.790. The molecule has 0 aliphatic rings. The summed E-state index contributed by atoms with van der Waals surface area (Å²) >= 11 is 1.49. The molecule has 0 fully saturated rings. The molecule has 0 saturated heterocycles. The second-order valence-corrected chi connectivity index (χ2v) is 6.21. The minimum absolute atomic E-state index is 0.00509. The number of nitrogens with zero attached hydrogens (tertiary/aromatic N) is 2. The summed E-state index contributed by atoms with van der Waals surface area (Å²) in [4.78, 5) is 19.2. The fraction of sp³-hybridized carbons (Fsp3) is 0.294. The zero-order valence-electron chi connectivity index (χ0n) is 13.6. The summed E-state index contributed by atoms with van der Waals surface area (Å²) in [6.07, 6.45) is 1.78. The molecule has 2 rings (SSSR count). The number of pyridine rings is 1. The normalized spacial score (nSPS) is 10.2. The number of hydrogen-bond acceptors (Lipinski definition) is 5. The van der Waals surface area contributed by atoms with Crippen LogP contribution in [-0.2, 0) is 11.3 Å². The highest BCUT2D eigenvalue weighted by Crippen LogP contribution is 2.22. The number of aromatic nitrogens is 1. The molecule has 5 nitrogen and oxygen atoms in total. The van der Waals surface area contributed by atoms with Crippen LogP contribution in [0.5, 0.6) is 5.75 Å². The molecule has 122 valence electrons. The van der Waals surface area contributed by atoms with Gasteiger partial charge >= 0.3 is 0 Å². The molecule has 0 aliphatic heterocycles. The number of rotatable bonds is 7. The van der Waals surface area contributed by atoms with E-state index in [1.165, 1.54) is 11.8 Å². The molecule has 0 atom stereocenters. The Balaban J connectivity index is 1.78. The van der Waals surface area contributed by atoms with Crippen molar-refractivity contribution in [3.8, 4) is 5.75 Å². The Labute approximate surface area is 141 Å². The topological polar surface area (TPSA) is 54.5 Å². The van der Waals surface area contributed by atoms with Crippen LogP contribution in [0.15, 0.2) is 47.5 Å². The van der Waals surface area contributed by atoms with E-state index < -0.39 is 0 Å². The lowest BCUT2D eigenvalue weighted by Gasteiger charge is -2.11. The third-order valence-corrected chi connectivity index (χ3v) is 4.16. The van der Waals surface area contributed by atoms with Gasteiger partial charge in [-0.15, -0.1) is 11.8 Å². The molecular formula is C17H21N3O2S. The predicted octanol–water partition coefficient (Wildman–Crippen LogP) is 2.56. The first kappa shape index (κ1) is 17.1. The van der Waals surface area contributed by atoms with E-state index in [0.717, 1.165) is 22.0 Å². The third-order valence-electron chi connectivity index (χ3n) is 3.17. The summed E-state index contributed by atoms with van der Waals surface area (Å²) in [7, 11) is 5.52. The summed E-state index contributed by atoms with van der Waals surface area (Å²) in [5.74, 6) is 2.06. The first-order chi connectivity index (χ1) is 11.1. The lowest BCUT2D eigenvalue weighted by Crippen LogP contribution is -2.24. The average Bonchev–Trinajstić information content (AvgIpc) is 2.58. The van der Waals surface area contributed by atoms with Gasteiger partial charge < -0.3 is 15.0 Å². The molecule has 23 heavy (non-hydrogen) atoms. The van der Waals surface area contributed by atoms with Gasteiger partial charge in [0.1, 0.15) is 11.6 Å². The molecule has 6 heteroatoms. The fourth-order valence-electron chi connectivity index (χ4n) is 1.88. The molecule has 0 unspecified atom stereocenters. The van der Waals surface area contributed by atoms with E-state index in [1.54, 1.807) is 13.3 Å². The Morgan fingerprint density at radius 2 is 2.13 bits per heavy atom. The molecule has 1 N–H and O–H groups in total. The van der Waals surface area contributed by atoms with Gasteiger partial charge in [-0.2, -0.15) is 0 Å². The zero-order chi connectivity index (χ0) is 16.7. The SMILES string of the molecule is COc1cccc(SCC(=O)NCc2ccc(N(C)C)nc2)c1. The van der Waals surface area contributed by atoms with Gasteiger partial charge in [-0.25, -0.2) is 4.98 Å². The van der Waals surface area contributed by atoms with E-state index in [0.29, 0.717) is 12.3 Å². The van der Waals surface area contributed by atoms with E-state index in [9.17, 15) is 4.79 Å². The van der Waals surface area contributed by atoms with Crippen LogP contribution >= 0.6 is 11.8 Å². The maximum Gasteiger partial charge on any atom is 0.230 e. The van der Waals surface area contributed by atoms with Crippen molar-refractivity contribution in [3.05, 3.63) is 48.2 Å². The number of ether oxygens (including phenoxy) is 1. The van der Waals surface area contributed by atoms with E-state index in [1.807, 2.05) is 55.4 Å². The maximum atomic E-state index is 11.9. The molecule has 0 radical (unpaired) electrons. The first-order valence-electron chi connectivity index (χ1n) is 7.24. The Bertz CT molecular complexity index is 645. The Hall–Kier alpha value is -2.21. The van der Waals surface area contributed by atoms with Crippen LogP contribution in [-0.4, -0.2) is 37.8 Å². The van der Waals surface area contributed by atoms with Crippen molar-refractivity contribution in [1.29, 1.82) is 0 Å². The van der Waals surface area contributed by atoms with Gasteiger partial charge in [-0.1, -0.05) is 12.1 Å². The first-order valence-corrected chi connectivity index (χ1v) is 8.23. The van der Waals surface area contributed by atoms with E-state index in [2.05, 4.69) is 10.3 Å². The number of thioether (sulfide) groups is 1. The maximum absolute atomic E-state index is 11.9. The van der Waals surface area contributed by atoms with Crippen molar-refractivity contribution in [1.82, 2.24) is 10.3 Å². The highest BCUT2D eigenvalue weighted by Gasteiger charge is 2.04. The van der Waals surface area contributed by atoms with E-state index in [-0.39, 0.29) is 5.91 Å². The van der Waals surface area contributed by atoms with Crippen molar-refractivity contribution in [2.24, 2.45) is 0 Å². The Kier molecular flexibility index (Phi) is 6.29.